The van der Waals surface area contributed by atoms with Crippen LogP contribution in [0.3, 0.4) is 0 Å². The lowest BCUT2D eigenvalue weighted by atomic mass is 10.2. The van der Waals surface area contributed by atoms with Crippen molar-refractivity contribution in [2.75, 3.05) is 12.9 Å². The van der Waals surface area contributed by atoms with E-state index in [0.29, 0.717) is 17.1 Å². The molecule has 8 heteroatoms. The second kappa shape index (κ2) is 8.14. The molecule has 1 aromatic carbocycles. The molecule has 0 radical (unpaired) electrons. The number of nitrogens with zero attached hydrogens (tertiary/aromatic N) is 2. The van der Waals surface area contributed by atoms with Gasteiger partial charge in [0.05, 0.1) is 18.2 Å². The van der Waals surface area contributed by atoms with Gasteiger partial charge in [0.2, 0.25) is 5.91 Å². The van der Waals surface area contributed by atoms with E-state index in [1.807, 2.05) is 38.1 Å². The number of hydrogen-bond acceptors (Lipinski definition) is 6. The molecule has 0 unspecified atom stereocenters. The van der Waals surface area contributed by atoms with E-state index in [-0.39, 0.29) is 17.2 Å². The Morgan fingerprint density at radius 3 is 2.81 bits per heavy atom. The molecule has 6 nitrogen and oxygen atoms in total. The zero-order chi connectivity index (χ0) is 19.6. The van der Waals surface area contributed by atoms with Crippen molar-refractivity contribution in [1.29, 1.82) is 0 Å². The summed E-state index contributed by atoms with van der Waals surface area (Å²) in [5.41, 5.74) is 1.82. The number of thioether (sulfide) groups is 1. The maximum atomic E-state index is 12.6. The Hall–Kier alpha value is -2.32. The fourth-order valence-electron chi connectivity index (χ4n) is 2.71. The van der Waals surface area contributed by atoms with E-state index in [2.05, 4.69) is 10.3 Å². The molecule has 0 aliphatic heterocycles. The maximum absolute atomic E-state index is 12.6. The first-order valence-electron chi connectivity index (χ1n) is 8.40. The van der Waals surface area contributed by atoms with Crippen molar-refractivity contribution < 1.29 is 9.53 Å². The van der Waals surface area contributed by atoms with E-state index in [1.165, 1.54) is 27.7 Å². The average Bonchev–Trinajstić information content (AvgIpc) is 2.95. The van der Waals surface area contributed by atoms with Crippen molar-refractivity contribution in [3.05, 3.63) is 50.6 Å². The summed E-state index contributed by atoms with van der Waals surface area (Å²) in [4.78, 5) is 31.2. The summed E-state index contributed by atoms with van der Waals surface area (Å²) in [6.07, 6.45) is 0. The van der Waals surface area contributed by atoms with E-state index in [9.17, 15) is 9.59 Å². The van der Waals surface area contributed by atoms with Crippen LogP contribution >= 0.6 is 23.1 Å². The normalized spacial score (nSPS) is 11.0. The fourth-order valence-corrected chi connectivity index (χ4v) is 4.58. The number of rotatable bonds is 6. The van der Waals surface area contributed by atoms with Gasteiger partial charge in [-0.1, -0.05) is 30.0 Å². The highest BCUT2D eigenvalue weighted by atomic mass is 32.2. The summed E-state index contributed by atoms with van der Waals surface area (Å²) >= 11 is 2.77. The number of aromatic nitrogens is 2. The Morgan fingerprint density at radius 2 is 2.07 bits per heavy atom. The number of thiophene rings is 1. The topological polar surface area (TPSA) is 73.2 Å². The van der Waals surface area contributed by atoms with Gasteiger partial charge in [-0.05, 0) is 25.5 Å². The molecule has 0 saturated carbocycles. The molecular formula is C19H21N3O3S2. The number of aryl methyl sites for hydroxylation is 2. The van der Waals surface area contributed by atoms with Gasteiger partial charge in [-0.3, -0.25) is 14.2 Å². The lowest BCUT2D eigenvalue weighted by molar-refractivity contribution is -0.118. The number of carbonyl (C=O) groups is 1. The molecule has 142 valence electrons. The molecule has 2 aromatic heterocycles. The number of benzene rings is 1. The highest BCUT2D eigenvalue weighted by molar-refractivity contribution is 7.99. The molecule has 0 spiro atoms. The summed E-state index contributed by atoms with van der Waals surface area (Å²) in [6.45, 7) is 4.31. The molecule has 3 rings (SSSR count). The molecule has 0 atom stereocenters. The van der Waals surface area contributed by atoms with Gasteiger partial charge >= 0.3 is 0 Å². The molecule has 1 amide bonds. The van der Waals surface area contributed by atoms with Crippen LogP contribution in [0, 0.1) is 13.8 Å². The third-order valence-electron chi connectivity index (χ3n) is 4.37. The lowest BCUT2D eigenvalue weighted by Gasteiger charge is -2.10. The third-order valence-corrected chi connectivity index (χ3v) is 6.50. The van der Waals surface area contributed by atoms with E-state index in [4.69, 9.17) is 4.74 Å². The van der Waals surface area contributed by atoms with Gasteiger partial charge in [0, 0.05) is 24.0 Å². The van der Waals surface area contributed by atoms with Crippen LogP contribution in [-0.4, -0.2) is 28.3 Å². The van der Waals surface area contributed by atoms with Crippen LogP contribution in [0.1, 0.15) is 16.0 Å². The number of hydrogen-bond donors (Lipinski definition) is 1. The minimum absolute atomic E-state index is 0.0706. The number of ether oxygens (including phenoxy) is 1. The fraction of sp³-hybridized carbons (Fsp3) is 0.316. The molecule has 0 aliphatic rings. The van der Waals surface area contributed by atoms with Gasteiger partial charge in [-0.2, -0.15) is 0 Å². The molecule has 3 aromatic rings. The van der Waals surface area contributed by atoms with Gasteiger partial charge in [-0.25, -0.2) is 4.98 Å². The molecule has 0 fully saturated rings. The van der Waals surface area contributed by atoms with E-state index in [1.54, 1.807) is 14.2 Å². The summed E-state index contributed by atoms with van der Waals surface area (Å²) in [6, 6.07) is 7.55. The average molecular weight is 404 g/mol. The zero-order valence-corrected chi connectivity index (χ0v) is 17.3. The first-order valence-corrected chi connectivity index (χ1v) is 10.2. The van der Waals surface area contributed by atoms with Crippen molar-refractivity contribution in [3.8, 4) is 5.75 Å². The SMILES string of the molecule is COc1ccccc1CNC(=O)CSc1nc2sc(C)c(C)c2c(=O)n1C. The second-order valence-electron chi connectivity index (χ2n) is 6.10. The van der Waals surface area contributed by atoms with Gasteiger partial charge in [0.15, 0.2) is 5.16 Å². The van der Waals surface area contributed by atoms with E-state index in [0.717, 1.165) is 26.6 Å². The Labute approximate surface area is 165 Å². The van der Waals surface area contributed by atoms with Crippen LogP contribution in [-0.2, 0) is 18.4 Å². The van der Waals surface area contributed by atoms with Gasteiger partial charge in [0.1, 0.15) is 10.6 Å². The predicted octanol–water partition coefficient (Wildman–Crippen LogP) is 3.03. The van der Waals surface area contributed by atoms with Crippen LogP contribution in [0.15, 0.2) is 34.2 Å². The number of fused-ring (bicyclic) bond motifs is 1. The van der Waals surface area contributed by atoms with Crippen LogP contribution in [0.5, 0.6) is 5.75 Å². The van der Waals surface area contributed by atoms with Crippen molar-refractivity contribution in [1.82, 2.24) is 14.9 Å². The Balaban J connectivity index is 1.68. The number of methoxy groups -OCH3 is 1. The number of amides is 1. The lowest BCUT2D eigenvalue weighted by Crippen LogP contribution is -2.26. The molecule has 2 heterocycles. The highest BCUT2D eigenvalue weighted by Gasteiger charge is 2.15. The standard InChI is InChI=1S/C19H21N3O3S2/c1-11-12(2)27-17-16(11)18(24)22(3)19(21-17)26-10-15(23)20-9-13-7-5-6-8-14(13)25-4/h5-8H,9-10H2,1-4H3,(H,20,23). The largest absolute Gasteiger partial charge is 0.496 e. The molecule has 27 heavy (non-hydrogen) atoms. The molecule has 0 bridgehead atoms. The second-order valence-corrected chi connectivity index (χ2v) is 8.24. The smallest absolute Gasteiger partial charge is 0.262 e. The van der Waals surface area contributed by atoms with Crippen LogP contribution in [0.2, 0.25) is 0 Å². The quantitative estimate of drug-likeness (QED) is 0.506. The van der Waals surface area contributed by atoms with Crippen LogP contribution < -0.4 is 15.6 Å². The van der Waals surface area contributed by atoms with Crippen molar-refractivity contribution >= 4 is 39.2 Å². The minimum atomic E-state index is -0.126. The number of carbonyl (C=O) groups excluding carboxylic acids is 1. The van der Waals surface area contributed by atoms with Crippen molar-refractivity contribution in [2.45, 2.75) is 25.5 Å². The molecule has 0 saturated heterocycles. The third kappa shape index (κ3) is 4.01. The summed E-state index contributed by atoms with van der Waals surface area (Å²) < 4.78 is 6.80. The minimum Gasteiger partial charge on any atom is -0.496 e. The van der Waals surface area contributed by atoms with Crippen LogP contribution in [0.25, 0.3) is 10.2 Å². The summed E-state index contributed by atoms with van der Waals surface area (Å²) in [5, 5.41) is 4.09. The Bertz CT molecular complexity index is 1060. The van der Waals surface area contributed by atoms with E-state index >= 15 is 0 Å². The zero-order valence-electron chi connectivity index (χ0n) is 15.7. The van der Waals surface area contributed by atoms with Gasteiger partial charge in [-0.15, -0.1) is 11.3 Å². The van der Waals surface area contributed by atoms with Crippen LogP contribution in [0.4, 0.5) is 0 Å². The highest BCUT2D eigenvalue weighted by Crippen LogP contribution is 2.28. The first-order chi connectivity index (χ1) is 12.9. The maximum Gasteiger partial charge on any atom is 0.262 e. The van der Waals surface area contributed by atoms with Crippen molar-refractivity contribution in [2.24, 2.45) is 7.05 Å². The Kier molecular flexibility index (Phi) is 5.86. The Morgan fingerprint density at radius 1 is 1.33 bits per heavy atom. The molecule has 0 aliphatic carbocycles. The van der Waals surface area contributed by atoms with Gasteiger partial charge in [0.25, 0.3) is 5.56 Å². The summed E-state index contributed by atoms with van der Waals surface area (Å²) in [5.74, 6) is 0.798. The number of para-hydroxylation sites is 1. The number of nitrogens with one attached hydrogen (secondary N) is 1. The first kappa shape index (κ1) is 19.4. The predicted molar refractivity (Wildman–Crippen MR) is 110 cm³/mol. The molecule has 1 N–H and O–H groups in total. The monoisotopic (exact) mass is 403 g/mol. The van der Waals surface area contributed by atoms with Crippen molar-refractivity contribution in [3.63, 3.8) is 0 Å². The van der Waals surface area contributed by atoms with E-state index < -0.39 is 0 Å². The van der Waals surface area contributed by atoms with Gasteiger partial charge < -0.3 is 10.1 Å². The summed E-state index contributed by atoms with van der Waals surface area (Å²) in [7, 11) is 3.29. The molecular weight excluding hydrogens is 382 g/mol.